The number of para-hydroxylation sites is 1. The van der Waals surface area contributed by atoms with E-state index in [1.165, 1.54) is 5.56 Å². The molecule has 2 aromatic carbocycles. The summed E-state index contributed by atoms with van der Waals surface area (Å²) >= 11 is 0. The molecule has 140 valence electrons. The maximum Gasteiger partial charge on any atom is 1.00 e. The van der Waals surface area contributed by atoms with Crippen LogP contribution in [0.25, 0.3) is 0 Å². The van der Waals surface area contributed by atoms with Gasteiger partial charge in [-0.15, -0.1) is 6.07 Å². The number of nitrogens with zero attached hydrogens (tertiary/aromatic N) is 1. The van der Waals surface area contributed by atoms with Crippen molar-refractivity contribution in [1.82, 2.24) is 0 Å². The average molecular weight is 365 g/mol. The van der Waals surface area contributed by atoms with Crippen LogP contribution in [0.15, 0.2) is 59.6 Å². The normalized spacial score (nSPS) is 12.4. The molecule has 1 unspecified atom stereocenters. The van der Waals surface area contributed by atoms with E-state index in [1.807, 2.05) is 51.1 Å². The van der Waals surface area contributed by atoms with E-state index < -0.39 is 11.7 Å². The predicted octanol–water partition coefficient (Wildman–Crippen LogP) is -0.616. The van der Waals surface area contributed by atoms with Crippen molar-refractivity contribution in [2.75, 3.05) is 0 Å². The third-order valence-electron chi connectivity index (χ3n) is 4.02. The Labute approximate surface area is 194 Å². The van der Waals surface area contributed by atoms with E-state index in [0.717, 1.165) is 24.8 Å². The van der Waals surface area contributed by atoms with Crippen molar-refractivity contribution < 1.29 is 47.6 Å². The van der Waals surface area contributed by atoms with E-state index >= 15 is 0 Å². The Morgan fingerprint density at radius 1 is 1.04 bits per heavy atom. The van der Waals surface area contributed by atoms with Crippen molar-refractivity contribution >= 4 is 11.8 Å². The van der Waals surface area contributed by atoms with E-state index in [1.54, 1.807) is 0 Å². The Hall–Kier alpha value is -1.23. The molecule has 0 amide bonds. The second kappa shape index (κ2) is 13.1. The van der Waals surface area contributed by atoms with Crippen LogP contribution >= 0.6 is 0 Å². The molecule has 0 bridgehead atoms. The van der Waals surface area contributed by atoms with Gasteiger partial charge in [0.25, 0.3) is 0 Å². The Morgan fingerprint density at radius 2 is 1.64 bits per heavy atom. The molecular weight excluding hydrogens is 336 g/mol. The van der Waals surface area contributed by atoms with Gasteiger partial charge in [0.1, 0.15) is 6.08 Å². The molecule has 1 atom stereocenters. The summed E-state index contributed by atoms with van der Waals surface area (Å²) in [5.74, 6) is 0.297. The molecule has 0 aliphatic rings. The van der Waals surface area contributed by atoms with E-state index in [9.17, 15) is 5.11 Å². The summed E-state index contributed by atoms with van der Waals surface area (Å²) in [6, 6.07) is 18.2. The number of hydrogen-bond donors (Lipinski definition) is 0. The maximum atomic E-state index is 12.1. The van der Waals surface area contributed by atoms with E-state index in [-0.39, 0.29) is 37.7 Å². The van der Waals surface area contributed by atoms with E-state index in [0.29, 0.717) is 11.6 Å². The zero-order chi connectivity index (χ0) is 19.0. The summed E-state index contributed by atoms with van der Waals surface area (Å²) in [5, 5.41) is 12.1. The molecule has 0 heterocycles. The van der Waals surface area contributed by atoms with Gasteiger partial charge in [0.15, 0.2) is 0 Å². The van der Waals surface area contributed by atoms with Gasteiger partial charge in [0, 0.05) is 5.60 Å². The predicted molar refractivity (Wildman–Crippen MR) is 106 cm³/mol. The summed E-state index contributed by atoms with van der Waals surface area (Å²) in [5.41, 5.74) is 2.35. The zero-order valence-electron chi connectivity index (χ0n) is 18.2. The van der Waals surface area contributed by atoms with Gasteiger partial charge in [-0.3, -0.25) is 4.99 Å². The Kier molecular flexibility index (Phi) is 12.5. The second-order valence-electron chi connectivity index (χ2n) is 7.48. The van der Waals surface area contributed by atoms with Crippen LogP contribution in [0.4, 0.5) is 5.69 Å². The first-order chi connectivity index (χ1) is 12.4. The molecule has 0 N–H and O–H groups in total. The summed E-state index contributed by atoms with van der Waals surface area (Å²) < 4.78 is 5.33. The Morgan fingerprint density at radius 3 is 2.25 bits per heavy atom. The van der Waals surface area contributed by atoms with Crippen LogP contribution in [0.5, 0.6) is 0 Å². The maximum absolute atomic E-state index is 12.1. The fraction of sp³-hybridized carbons (Fsp3) is 0.391. The number of ether oxygens (including phenoxy) is 1. The molecular formula is C23H29Li2NO2. The van der Waals surface area contributed by atoms with Gasteiger partial charge in [0.2, 0.25) is 0 Å². The average Bonchev–Trinajstić information content (AvgIpc) is 2.59. The third-order valence-corrected chi connectivity index (χ3v) is 4.02. The van der Waals surface area contributed by atoms with Gasteiger partial charge in [-0.05, 0) is 11.6 Å². The molecule has 0 saturated heterocycles. The van der Waals surface area contributed by atoms with Gasteiger partial charge in [-0.2, -0.15) is 18.1 Å². The second-order valence-corrected chi connectivity index (χ2v) is 7.48. The van der Waals surface area contributed by atoms with Crippen LogP contribution in [0.3, 0.4) is 0 Å². The standard InChI is InChI=1S/C23H30NO2.2Li/c1-5-6-12-19(18-13-8-7-9-14-18)17-20-15-10-11-16-21(20)24-22(25)26-23(2,3)4;;/h7-11,13-17,19H,5-6,12H2,1-4H3,(H,24,25);;/q-1;2*+1/p-1. The van der Waals surface area contributed by atoms with Gasteiger partial charge in [-0.1, -0.05) is 95.0 Å². The zero-order valence-corrected chi connectivity index (χ0v) is 18.2. The molecule has 0 aliphatic heterocycles. The minimum atomic E-state index is -0.553. The largest absolute Gasteiger partial charge is 1.00 e. The fourth-order valence-electron chi connectivity index (χ4n) is 2.80. The summed E-state index contributed by atoms with van der Waals surface area (Å²) in [7, 11) is 0. The van der Waals surface area contributed by atoms with Crippen molar-refractivity contribution in [3.63, 3.8) is 0 Å². The summed E-state index contributed by atoms with van der Waals surface area (Å²) in [6.07, 6.45) is 5.04. The number of hydrogen-bond acceptors (Lipinski definition) is 3. The van der Waals surface area contributed by atoms with Crippen LogP contribution in [-0.2, 0) is 4.74 Å². The fourth-order valence-corrected chi connectivity index (χ4v) is 2.80. The summed E-state index contributed by atoms with van der Waals surface area (Å²) in [4.78, 5) is 4.18. The van der Waals surface area contributed by atoms with Gasteiger partial charge >= 0.3 is 37.7 Å². The number of benzene rings is 2. The molecule has 0 radical (unpaired) electrons. The van der Waals surface area contributed by atoms with Crippen molar-refractivity contribution in [2.24, 2.45) is 4.99 Å². The molecule has 3 nitrogen and oxygen atoms in total. The van der Waals surface area contributed by atoms with E-state index in [2.05, 4.69) is 42.6 Å². The molecule has 0 saturated carbocycles. The number of rotatable bonds is 7. The molecule has 0 spiro atoms. The monoisotopic (exact) mass is 365 g/mol. The van der Waals surface area contributed by atoms with Crippen molar-refractivity contribution in [3.05, 3.63) is 72.1 Å². The Bertz CT molecular complexity index is 712. The minimum Gasteiger partial charge on any atom is -0.595 e. The quantitative estimate of drug-likeness (QED) is 0.284. The molecule has 2 aromatic rings. The van der Waals surface area contributed by atoms with Gasteiger partial charge in [-0.25, -0.2) is 0 Å². The molecule has 0 fully saturated rings. The van der Waals surface area contributed by atoms with Crippen molar-refractivity contribution in [3.8, 4) is 0 Å². The molecule has 2 rings (SSSR count). The molecule has 0 aromatic heterocycles. The van der Waals surface area contributed by atoms with Crippen LogP contribution in [0.1, 0.15) is 64.0 Å². The van der Waals surface area contributed by atoms with Gasteiger partial charge in [0.05, 0.1) is 0 Å². The molecule has 0 aliphatic carbocycles. The number of aliphatic imine (C=N–C) groups is 1. The Balaban J connectivity index is 0.00000364. The first-order valence-corrected chi connectivity index (χ1v) is 9.32. The minimum absolute atomic E-state index is 0. The van der Waals surface area contributed by atoms with Crippen LogP contribution in [0.2, 0.25) is 0 Å². The van der Waals surface area contributed by atoms with Crippen LogP contribution in [-0.4, -0.2) is 11.7 Å². The smallest absolute Gasteiger partial charge is 0.595 e. The molecule has 28 heavy (non-hydrogen) atoms. The number of unbranched alkanes of at least 4 members (excludes halogenated alkanes) is 1. The first-order valence-electron chi connectivity index (χ1n) is 9.32. The van der Waals surface area contributed by atoms with E-state index in [4.69, 9.17) is 4.74 Å². The van der Waals surface area contributed by atoms with Crippen LogP contribution in [0, 0.1) is 6.42 Å². The molecule has 5 heteroatoms. The van der Waals surface area contributed by atoms with Gasteiger partial charge < -0.3 is 9.84 Å². The third kappa shape index (κ3) is 9.31. The van der Waals surface area contributed by atoms with Crippen LogP contribution < -0.4 is 42.8 Å². The first kappa shape index (κ1) is 26.8. The summed E-state index contributed by atoms with van der Waals surface area (Å²) in [6.45, 7) is 7.73. The van der Waals surface area contributed by atoms with Crippen molar-refractivity contribution in [1.29, 1.82) is 0 Å². The SMILES string of the molecule is CCCCC([CH-]c1ccccc1N=C([O-])OC(C)(C)C)c1ccccc1.[Li+].[Li+]. The van der Waals surface area contributed by atoms with Crippen molar-refractivity contribution in [2.45, 2.75) is 58.5 Å². The topological polar surface area (TPSA) is 44.7 Å².